The Morgan fingerprint density at radius 3 is 1.32 bits per heavy atom. The minimum Gasteiger partial charge on any atom is -0.547 e. The molecule has 0 aliphatic heterocycles. The average Bonchev–Trinajstić information content (AvgIpc) is 2.35. The third-order valence-corrected chi connectivity index (χ3v) is 1.73. The van der Waals surface area contributed by atoms with Crippen LogP contribution in [0.5, 0.6) is 0 Å². The van der Waals surface area contributed by atoms with Crippen LogP contribution in [0.25, 0.3) is 0 Å². The van der Waals surface area contributed by atoms with Crippen LogP contribution >= 0.6 is 0 Å². The minimum absolute atomic E-state index is 0.211. The summed E-state index contributed by atoms with van der Waals surface area (Å²) >= 11 is 0. The Labute approximate surface area is 146 Å². The number of quaternary nitrogens is 1. The van der Waals surface area contributed by atoms with Gasteiger partial charge in [-0.05, 0) is 6.42 Å². The number of carboxylic acids is 4. The fourth-order valence-electron chi connectivity index (χ4n) is 0.596. The van der Waals surface area contributed by atoms with Crippen LogP contribution in [-0.2, 0) is 19.2 Å². The molecular weight excluding hydrogens is 342 g/mol. The number of carbonyl (C=O) groups excluding carboxylic acids is 1. The molecule has 1 unspecified atom stereocenters. The van der Waals surface area contributed by atoms with Crippen LogP contribution in [0.15, 0.2) is 0 Å². The summed E-state index contributed by atoms with van der Waals surface area (Å²) < 4.78 is 0.844. The lowest BCUT2D eigenvalue weighted by molar-refractivity contribution is -0.870. The van der Waals surface area contributed by atoms with Gasteiger partial charge in [-0.15, -0.1) is 0 Å². The largest absolute Gasteiger partial charge is 0.547 e. The highest BCUT2D eigenvalue weighted by Crippen LogP contribution is 1.85. The summed E-state index contributed by atoms with van der Waals surface area (Å²) in [5, 5.41) is 49.1. The molecule has 0 aromatic rings. The Morgan fingerprint density at radius 2 is 1.32 bits per heavy atom. The maximum Gasteiger partial charge on any atom is 0.314 e. The van der Waals surface area contributed by atoms with Crippen LogP contribution in [0.3, 0.4) is 0 Å². The van der Waals surface area contributed by atoms with E-state index in [1.165, 1.54) is 0 Å². The van der Waals surface area contributed by atoms with Gasteiger partial charge in [0.05, 0.1) is 39.8 Å². The fraction of sp³-hybridized carbons (Fsp3) is 0.714. The van der Waals surface area contributed by atoms with Crippen molar-refractivity contribution in [2.24, 2.45) is 0 Å². The first-order valence-electron chi connectivity index (χ1n) is 7.03. The van der Waals surface area contributed by atoms with Crippen LogP contribution in [0.1, 0.15) is 26.7 Å². The van der Waals surface area contributed by atoms with E-state index in [-0.39, 0.29) is 13.0 Å². The number of rotatable bonds is 6. The molecule has 5 N–H and O–H groups in total. The highest BCUT2D eigenvalue weighted by Gasteiger charge is 2.02. The summed E-state index contributed by atoms with van der Waals surface area (Å²) in [7, 11) is 6.16. The molecule has 0 fully saturated rings. The number of likely N-dealkylation sites (N-methyl/N-ethyl adjacent to an activating group) is 1. The van der Waals surface area contributed by atoms with Crippen LogP contribution < -0.4 is 5.11 Å². The second-order valence-corrected chi connectivity index (χ2v) is 5.46. The highest BCUT2D eigenvalue weighted by atomic mass is 16.4. The zero-order valence-electron chi connectivity index (χ0n) is 15.1. The van der Waals surface area contributed by atoms with Crippen molar-refractivity contribution in [1.82, 2.24) is 0 Å². The summed E-state index contributed by atoms with van der Waals surface area (Å²) in [4.78, 5) is 37.4. The van der Waals surface area contributed by atoms with Gasteiger partial charge in [0.25, 0.3) is 5.97 Å². The second-order valence-electron chi connectivity index (χ2n) is 5.46. The standard InChI is InChI=1S/C5H14NO.C4H8O3.C3H4O4.C2H4O2/c1-6(2,3)4-5-7;1-2-3(5)4(6)7;4-2(5)1-3(6)7;1-2(3)4/h7H,4-5H2,1-3H3;3,5H,2H2,1H3,(H,6,7);1H2,(H,4,5)(H,6,7);1H3,(H,3,4)/q+1;;;/p-1. The van der Waals surface area contributed by atoms with Gasteiger partial charge in [0.15, 0.2) is 0 Å². The second kappa shape index (κ2) is 18.1. The molecule has 0 saturated carbocycles. The van der Waals surface area contributed by atoms with Crippen molar-refractivity contribution in [2.45, 2.75) is 32.8 Å². The molecule has 0 spiro atoms. The van der Waals surface area contributed by atoms with Gasteiger partial charge in [-0.2, -0.15) is 0 Å². The summed E-state index contributed by atoms with van der Waals surface area (Å²) in [5.74, 6) is -4.86. The Balaban J connectivity index is -0.000000120. The number of carboxylic acid groups (broad SMARTS) is 4. The van der Waals surface area contributed by atoms with E-state index in [4.69, 9.17) is 30.3 Å². The number of aliphatic hydroxyl groups excluding tert-OH is 2. The molecule has 0 aliphatic rings. The molecule has 0 radical (unpaired) electrons. The molecule has 11 nitrogen and oxygen atoms in total. The quantitative estimate of drug-likeness (QED) is 0.253. The molecule has 0 aromatic carbocycles. The minimum atomic E-state index is -1.40. The molecule has 150 valence electrons. The SMILES string of the molecule is CC(=O)O.CCC(O)C(=O)[O-].C[N+](C)(C)CCO.O=C(O)CC(=O)O. The Morgan fingerprint density at radius 1 is 1.00 bits per heavy atom. The molecule has 1 atom stereocenters. The highest BCUT2D eigenvalue weighted by molar-refractivity contribution is 5.88. The Kier molecular flexibility index (Phi) is 22.2. The Bertz CT molecular complexity index is 374. The zero-order chi connectivity index (χ0) is 21.2. The fourth-order valence-corrected chi connectivity index (χ4v) is 0.596. The lowest BCUT2D eigenvalue weighted by Gasteiger charge is -2.21. The van der Waals surface area contributed by atoms with Crippen LogP contribution in [0.4, 0.5) is 0 Å². The third kappa shape index (κ3) is 61.4. The van der Waals surface area contributed by atoms with Gasteiger partial charge in [0, 0.05) is 6.92 Å². The molecule has 0 bridgehead atoms. The summed E-state index contributed by atoms with van der Waals surface area (Å²) in [6, 6.07) is 0. The topological polar surface area (TPSA) is 192 Å². The molecule has 0 rings (SSSR count). The van der Waals surface area contributed by atoms with E-state index in [1.54, 1.807) is 6.92 Å². The maximum atomic E-state index is 9.57. The summed E-state index contributed by atoms with van der Waals surface area (Å²) in [5.41, 5.74) is 0. The molecule has 11 heteroatoms. The van der Waals surface area contributed by atoms with Crippen molar-refractivity contribution >= 4 is 23.9 Å². The van der Waals surface area contributed by atoms with Crippen molar-refractivity contribution in [2.75, 3.05) is 34.3 Å². The lowest BCUT2D eigenvalue weighted by Crippen LogP contribution is -2.36. The van der Waals surface area contributed by atoms with E-state index in [0.717, 1.165) is 18.0 Å². The number of aliphatic carboxylic acids is 4. The Hall–Kier alpha value is -2.24. The van der Waals surface area contributed by atoms with Gasteiger partial charge in [-0.25, -0.2) is 0 Å². The molecule has 0 saturated heterocycles. The zero-order valence-corrected chi connectivity index (χ0v) is 15.1. The van der Waals surface area contributed by atoms with Gasteiger partial charge in [-0.1, -0.05) is 6.92 Å². The number of aliphatic hydroxyl groups is 2. The van der Waals surface area contributed by atoms with E-state index < -0.39 is 36.4 Å². The summed E-state index contributed by atoms with van der Waals surface area (Å²) in [6.07, 6.45) is -1.89. The number of hydrogen-bond donors (Lipinski definition) is 5. The van der Waals surface area contributed by atoms with E-state index in [0.29, 0.717) is 0 Å². The molecule has 0 amide bonds. The number of nitrogens with zero attached hydrogens (tertiary/aromatic N) is 1. The van der Waals surface area contributed by atoms with Crippen molar-refractivity contribution in [3.63, 3.8) is 0 Å². The first-order chi connectivity index (χ1) is 11.1. The lowest BCUT2D eigenvalue weighted by atomic mass is 10.3. The first-order valence-corrected chi connectivity index (χ1v) is 7.03. The molecular formula is C14H29NO10. The first kappa shape index (κ1) is 30.6. The average molecular weight is 371 g/mol. The molecule has 25 heavy (non-hydrogen) atoms. The van der Waals surface area contributed by atoms with Crippen LogP contribution in [0, 0.1) is 0 Å². The predicted molar refractivity (Wildman–Crippen MR) is 84.5 cm³/mol. The van der Waals surface area contributed by atoms with Gasteiger partial charge in [0.2, 0.25) is 0 Å². The van der Waals surface area contributed by atoms with Crippen LogP contribution in [-0.4, -0.2) is 94.3 Å². The molecule has 0 heterocycles. The van der Waals surface area contributed by atoms with E-state index in [1.807, 2.05) is 0 Å². The van der Waals surface area contributed by atoms with E-state index in [9.17, 15) is 19.5 Å². The van der Waals surface area contributed by atoms with Crippen molar-refractivity contribution < 1.29 is 54.3 Å². The monoisotopic (exact) mass is 371 g/mol. The number of hydrogen-bond acceptors (Lipinski definition) is 7. The number of carbonyl (C=O) groups is 4. The van der Waals surface area contributed by atoms with Gasteiger partial charge >= 0.3 is 11.9 Å². The smallest absolute Gasteiger partial charge is 0.314 e. The maximum absolute atomic E-state index is 9.57. The van der Waals surface area contributed by atoms with Crippen molar-refractivity contribution in [3.05, 3.63) is 0 Å². The third-order valence-electron chi connectivity index (χ3n) is 1.73. The van der Waals surface area contributed by atoms with Gasteiger partial charge in [0.1, 0.15) is 13.0 Å². The van der Waals surface area contributed by atoms with Gasteiger partial charge in [-0.3, -0.25) is 14.4 Å². The van der Waals surface area contributed by atoms with Crippen molar-refractivity contribution in [1.29, 1.82) is 0 Å². The van der Waals surface area contributed by atoms with Crippen LogP contribution in [0.2, 0.25) is 0 Å². The van der Waals surface area contributed by atoms with E-state index >= 15 is 0 Å². The summed E-state index contributed by atoms with van der Waals surface area (Å²) in [6.45, 7) is 3.77. The predicted octanol–water partition coefficient (Wildman–Crippen LogP) is -2.17. The van der Waals surface area contributed by atoms with Gasteiger partial charge < -0.3 is 39.9 Å². The van der Waals surface area contributed by atoms with E-state index in [2.05, 4.69) is 21.1 Å². The molecule has 0 aromatic heterocycles. The van der Waals surface area contributed by atoms with Crippen molar-refractivity contribution in [3.8, 4) is 0 Å². The molecule has 0 aliphatic carbocycles. The normalized spacial score (nSPS) is 10.4.